The lowest BCUT2D eigenvalue weighted by atomic mass is 10.1. The zero-order chi connectivity index (χ0) is 17.4. The topological polar surface area (TPSA) is 55.4 Å². The summed E-state index contributed by atoms with van der Waals surface area (Å²) in [6.45, 7) is 0. The van der Waals surface area contributed by atoms with Gasteiger partial charge in [0.15, 0.2) is 0 Å². The van der Waals surface area contributed by atoms with Crippen LogP contribution in [0.2, 0.25) is 0 Å². The van der Waals surface area contributed by atoms with Crippen LogP contribution in [-0.2, 0) is 14.3 Å². The van der Waals surface area contributed by atoms with E-state index in [2.05, 4.69) is 10.1 Å². The third-order valence-corrected chi connectivity index (χ3v) is 5.23. The minimum absolute atomic E-state index is 0.105. The van der Waals surface area contributed by atoms with E-state index in [1.165, 1.54) is 42.3 Å². The molecule has 1 aromatic heterocycles. The van der Waals surface area contributed by atoms with Crippen molar-refractivity contribution in [3.63, 3.8) is 0 Å². The van der Waals surface area contributed by atoms with E-state index in [1.54, 1.807) is 12.1 Å². The molecule has 0 saturated carbocycles. The first-order valence-corrected chi connectivity index (χ1v) is 9.23. The standard InChI is InChI=1S/C17H18FNO3S2/c1-22-17(21)11-14(15-3-2-9-24-15)19-16(20)8-10-23-13-6-4-12(18)5-7-13/h2-7,9,14H,8,10-11H2,1H3,(H,19,20). The van der Waals surface area contributed by atoms with Crippen molar-refractivity contribution in [2.45, 2.75) is 23.8 Å². The lowest BCUT2D eigenvalue weighted by Crippen LogP contribution is -2.30. The molecule has 1 unspecified atom stereocenters. The quantitative estimate of drug-likeness (QED) is 0.570. The number of carbonyl (C=O) groups is 2. The highest BCUT2D eigenvalue weighted by Gasteiger charge is 2.19. The molecule has 0 spiro atoms. The van der Waals surface area contributed by atoms with Gasteiger partial charge in [0, 0.05) is 21.9 Å². The number of nitrogens with one attached hydrogen (secondary N) is 1. The molecule has 0 saturated heterocycles. The molecule has 1 heterocycles. The van der Waals surface area contributed by atoms with Crippen molar-refractivity contribution < 1.29 is 18.7 Å². The highest BCUT2D eigenvalue weighted by Crippen LogP contribution is 2.23. The van der Waals surface area contributed by atoms with Crippen molar-refractivity contribution >= 4 is 35.0 Å². The maximum atomic E-state index is 12.8. The van der Waals surface area contributed by atoms with Gasteiger partial charge in [0.25, 0.3) is 0 Å². The van der Waals surface area contributed by atoms with E-state index < -0.39 is 0 Å². The number of ether oxygens (including phenoxy) is 1. The zero-order valence-corrected chi connectivity index (χ0v) is 14.8. The summed E-state index contributed by atoms with van der Waals surface area (Å²) in [6.07, 6.45) is 0.416. The number of benzene rings is 1. The van der Waals surface area contributed by atoms with E-state index in [0.717, 1.165) is 9.77 Å². The number of carbonyl (C=O) groups excluding carboxylic acids is 2. The molecule has 2 rings (SSSR count). The van der Waals surface area contributed by atoms with Crippen molar-refractivity contribution in [3.05, 3.63) is 52.5 Å². The van der Waals surface area contributed by atoms with Crippen molar-refractivity contribution in [2.75, 3.05) is 12.9 Å². The molecule has 0 aliphatic rings. The summed E-state index contributed by atoms with van der Waals surface area (Å²) < 4.78 is 17.5. The number of halogens is 1. The van der Waals surface area contributed by atoms with E-state index in [1.807, 2.05) is 17.5 Å². The molecule has 128 valence electrons. The molecule has 0 aliphatic carbocycles. The van der Waals surface area contributed by atoms with E-state index in [4.69, 9.17) is 0 Å². The minimum Gasteiger partial charge on any atom is -0.469 e. The monoisotopic (exact) mass is 367 g/mol. The summed E-state index contributed by atoms with van der Waals surface area (Å²) in [4.78, 5) is 25.5. The van der Waals surface area contributed by atoms with Crippen LogP contribution >= 0.6 is 23.1 Å². The fraction of sp³-hybridized carbons (Fsp3) is 0.294. The average molecular weight is 367 g/mol. The molecule has 0 aliphatic heterocycles. The number of hydrogen-bond acceptors (Lipinski definition) is 5. The van der Waals surface area contributed by atoms with Gasteiger partial charge in [0.1, 0.15) is 5.82 Å². The molecule has 0 fully saturated rings. The van der Waals surface area contributed by atoms with Crippen LogP contribution in [0, 0.1) is 5.82 Å². The third kappa shape index (κ3) is 5.98. The van der Waals surface area contributed by atoms with Crippen LogP contribution in [0.25, 0.3) is 0 Å². The maximum absolute atomic E-state index is 12.8. The third-order valence-electron chi connectivity index (χ3n) is 3.23. The Hall–Kier alpha value is -1.86. The van der Waals surface area contributed by atoms with Crippen molar-refractivity contribution in [2.24, 2.45) is 0 Å². The number of thioether (sulfide) groups is 1. The second-order valence-corrected chi connectivity index (χ2v) is 7.12. The van der Waals surface area contributed by atoms with E-state index >= 15 is 0 Å². The molecule has 24 heavy (non-hydrogen) atoms. The second kappa shape index (κ2) is 9.44. The summed E-state index contributed by atoms with van der Waals surface area (Å²) in [6, 6.07) is 9.54. The van der Waals surface area contributed by atoms with Crippen LogP contribution < -0.4 is 5.32 Å². The van der Waals surface area contributed by atoms with Gasteiger partial charge in [0.2, 0.25) is 5.91 Å². The molecular weight excluding hydrogens is 349 g/mol. The number of rotatable bonds is 8. The van der Waals surface area contributed by atoms with Crippen LogP contribution in [0.4, 0.5) is 4.39 Å². The van der Waals surface area contributed by atoms with Crippen LogP contribution in [-0.4, -0.2) is 24.7 Å². The molecular formula is C17H18FNO3S2. The summed E-state index contributed by atoms with van der Waals surface area (Å²) in [7, 11) is 1.33. The number of esters is 1. The zero-order valence-electron chi connectivity index (χ0n) is 13.2. The fourth-order valence-corrected chi connectivity index (χ4v) is 3.65. The molecule has 0 bridgehead atoms. The molecule has 2 aromatic rings. The Kier molecular flexibility index (Phi) is 7.27. The minimum atomic E-state index is -0.374. The molecule has 1 amide bonds. The van der Waals surface area contributed by atoms with E-state index in [9.17, 15) is 14.0 Å². The van der Waals surface area contributed by atoms with Crippen molar-refractivity contribution in [3.8, 4) is 0 Å². The lowest BCUT2D eigenvalue weighted by molar-refractivity contribution is -0.141. The highest BCUT2D eigenvalue weighted by atomic mass is 32.2. The van der Waals surface area contributed by atoms with Gasteiger partial charge in [-0.3, -0.25) is 9.59 Å². The lowest BCUT2D eigenvalue weighted by Gasteiger charge is -2.16. The Bertz CT molecular complexity index is 659. The van der Waals surface area contributed by atoms with Gasteiger partial charge < -0.3 is 10.1 Å². The first-order chi connectivity index (χ1) is 11.6. The number of thiophene rings is 1. The molecule has 1 atom stereocenters. The van der Waals surface area contributed by atoms with Crippen LogP contribution in [0.15, 0.2) is 46.7 Å². The second-order valence-electron chi connectivity index (χ2n) is 4.97. The number of methoxy groups -OCH3 is 1. The van der Waals surface area contributed by atoms with Gasteiger partial charge in [-0.25, -0.2) is 4.39 Å². The van der Waals surface area contributed by atoms with Crippen LogP contribution in [0.5, 0.6) is 0 Å². The molecule has 7 heteroatoms. The molecule has 0 radical (unpaired) electrons. The Balaban J connectivity index is 1.83. The van der Waals surface area contributed by atoms with Gasteiger partial charge in [-0.05, 0) is 35.7 Å². The average Bonchev–Trinajstić information content (AvgIpc) is 3.10. The largest absolute Gasteiger partial charge is 0.469 e. The molecule has 1 N–H and O–H groups in total. The fourth-order valence-electron chi connectivity index (χ4n) is 2.02. The smallest absolute Gasteiger partial charge is 0.307 e. The van der Waals surface area contributed by atoms with Gasteiger partial charge in [-0.15, -0.1) is 23.1 Å². The van der Waals surface area contributed by atoms with Gasteiger partial charge in [0.05, 0.1) is 19.6 Å². The Morgan fingerprint density at radius 2 is 2.04 bits per heavy atom. The predicted octanol–water partition coefficient (Wildman–Crippen LogP) is 3.79. The Morgan fingerprint density at radius 3 is 2.67 bits per heavy atom. The normalized spacial score (nSPS) is 11.8. The van der Waals surface area contributed by atoms with Gasteiger partial charge in [-0.2, -0.15) is 0 Å². The number of hydrogen-bond donors (Lipinski definition) is 1. The predicted molar refractivity (Wildman–Crippen MR) is 93.6 cm³/mol. The van der Waals surface area contributed by atoms with E-state index in [0.29, 0.717) is 12.2 Å². The van der Waals surface area contributed by atoms with Crippen molar-refractivity contribution in [1.29, 1.82) is 0 Å². The summed E-state index contributed by atoms with van der Waals surface area (Å²) in [5, 5.41) is 4.78. The molecule has 1 aromatic carbocycles. The Morgan fingerprint density at radius 1 is 1.29 bits per heavy atom. The number of amides is 1. The van der Waals surface area contributed by atoms with Crippen molar-refractivity contribution in [1.82, 2.24) is 5.32 Å². The summed E-state index contributed by atoms with van der Waals surface area (Å²) in [5.74, 6) is -0.202. The summed E-state index contributed by atoms with van der Waals surface area (Å²) >= 11 is 2.97. The van der Waals surface area contributed by atoms with Crippen LogP contribution in [0.1, 0.15) is 23.8 Å². The van der Waals surface area contributed by atoms with E-state index in [-0.39, 0.29) is 30.2 Å². The summed E-state index contributed by atoms with van der Waals surface area (Å²) in [5.41, 5.74) is 0. The maximum Gasteiger partial charge on any atom is 0.307 e. The first kappa shape index (κ1) is 18.5. The first-order valence-electron chi connectivity index (χ1n) is 7.36. The van der Waals surface area contributed by atoms with Crippen LogP contribution in [0.3, 0.4) is 0 Å². The Labute approximate surface area is 148 Å². The van der Waals surface area contributed by atoms with Gasteiger partial charge >= 0.3 is 5.97 Å². The van der Waals surface area contributed by atoms with Gasteiger partial charge in [-0.1, -0.05) is 6.07 Å². The molecule has 4 nitrogen and oxygen atoms in total. The highest BCUT2D eigenvalue weighted by molar-refractivity contribution is 7.99. The SMILES string of the molecule is COC(=O)CC(NC(=O)CCSc1ccc(F)cc1)c1cccs1.